The zero-order valence-electron chi connectivity index (χ0n) is 33.4. The van der Waals surface area contributed by atoms with E-state index >= 15 is 0 Å². The standard InChI is InChI=1S/C57H35N3O2/c1-2-17-41(18-3-1)60-50-32-30-43(35-48(50)54-44-20-7-6-14-37(44)29-31-51(54)60)59(42-19-10-16-39(34-42)45-22-11-23-47-46-21-8-9-26-53(46)61-55(45)47)52-25-12-24-49-56(52)62-57(58-49)40-28-27-36-13-4-5-15-38(36)33-40/h1-35H. The molecular formula is C57H35N3O2. The van der Waals surface area contributed by atoms with Crippen LogP contribution in [0, 0.1) is 0 Å². The number of hydrogen-bond donors (Lipinski definition) is 0. The van der Waals surface area contributed by atoms with Gasteiger partial charge in [0.1, 0.15) is 16.7 Å². The molecule has 5 nitrogen and oxygen atoms in total. The molecule has 0 radical (unpaired) electrons. The van der Waals surface area contributed by atoms with Crippen molar-refractivity contribution in [2.75, 3.05) is 4.90 Å². The second kappa shape index (κ2) is 13.6. The molecule has 0 aliphatic carbocycles. The van der Waals surface area contributed by atoms with Gasteiger partial charge >= 0.3 is 0 Å². The summed E-state index contributed by atoms with van der Waals surface area (Å²) in [5.41, 5.74) is 12.5. The normalized spacial score (nSPS) is 11.9. The van der Waals surface area contributed by atoms with E-state index in [9.17, 15) is 0 Å². The maximum atomic E-state index is 6.87. The number of hydrogen-bond acceptors (Lipinski definition) is 4. The summed E-state index contributed by atoms with van der Waals surface area (Å²) in [6, 6.07) is 75.0. The van der Waals surface area contributed by atoms with E-state index in [1.807, 2.05) is 18.2 Å². The molecule has 0 saturated carbocycles. The first-order valence-electron chi connectivity index (χ1n) is 20.9. The lowest BCUT2D eigenvalue weighted by molar-refractivity contribution is 0.620. The fraction of sp³-hybridized carbons (Fsp3) is 0. The molecule has 5 heteroatoms. The molecule has 0 N–H and O–H groups in total. The van der Waals surface area contributed by atoms with Crippen LogP contribution in [0.3, 0.4) is 0 Å². The summed E-state index contributed by atoms with van der Waals surface area (Å²) in [6.45, 7) is 0. The zero-order chi connectivity index (χ0) is 40.7. The van der Waals surface area contributed by atoms with E-state index in [0.29, 0.717) is 11.5 Å². The molecule has 0 unspecified atom stereocenters. The van der Waals surface area contributed by atoms with E-state index in [4.69, 9.17) is 13.8 Å². The van der Waals surface area contributed by atoms with E-state index in [2.05, 4.69) is 204 Å². The van der Waals surface area contributed by atoms with Crippen LogP contribution in [0.1, 0.15) is 0 Å². The molecule has 62 heavy (non-hydrogen) atoms. The molecule has 13 aromatic rings. The third-order valence-corrected chi connectivity index (χ3v) is 12.4. The van der Waals surface area contributed by atoms with Crippen molar-refractivity contribution in [1.29, 1.82) is 0 Å². The lowest BCUT2D eigenvalue weighted by atomic mass is 10.0. The SMILES string of the molecule is c1ccc(-n2c3ccc(N(c4cccc(-c5cccc6c5oc5ccccc56)c4)c4cccc5nc(-c6ccc7ccccc7c6)oc45)cc3c3c4ccccc4ccc32)cc1. The van der Waals surface area contributed by atoms with Crippen LogP contribution in [0.2, 0.25) is 0 Å². The van der Waals surface area contributed by atoms with Crippen LogP contribution < -0.4 is 4.90 Å². The highest BCUT2D eigenvalue weighted by Crippen LogP contribution is 2.46. The third kappa shape index (κ3) is 5.32. The average molecular weight is 794 g/mol. The molecule has 3 aromatic heterocycles. The number of anilines is 3. The number of oxazole rings is 1. The molecule has 0 aliphatic heterocycles. The van der Waals surface area contributed by atoms with E-state index < -0.39 is 0 Å². The molecule has 3 heterocycles. The second-order valence-electron chi connectivity index (χ2n) is 15.9. The summed E-state index contributed by atoms with van der Waals surface area (Å²) in [5, 5.41) is 9.31. The molecular weight excluding hydrogens is 759 g/mol. The molecule has 0 atom stereocenters. The summed E-state index contributed by atoms with van der Waals surface area (Å²) in [5.74, 6) is 0.580. The fourth-order valence-electron chi connectivity index (χ4n) is 9.54. The number of nitrogens with zero attached hydrogens (tertiary/aromatic N) is 3. The van der Waals surface area contributed by atoms with Crippen molar-refractivity contribution in [3.05, 3.63) is 212 Å². The van der Waals surface area contributed by atoms with Gasteiger partial charge in [-0.15, -0.1) is 0 Å². The predicted octanol–water partition coefficient (Wildman–Crippen LogP) is 15.9. The van der Waals surface area contributed by atoms with Crippen molar-refractivity contribution in [1.82, 2.24) is 9.55 Å². The van der Waals surface area contributed by atoms with E-state index in [1.54, 1.807) is 0 Å². The quantitative estimate of drug-likeness (QED) is 0.168. The Kier molecular flexibility index (Phi) is 7.54. The molecule has 0 aliphatic rings. The topological polar surface area (TPSA) is 47.3 Å². The lowest BCUT2D eigenvalue weighted by Gasteiger charge is -2.26. The largest absolute Gasteiger partial charge is 0.455 e. The molecule has 0 bridgehead atoms. The minimum absolute atomic E-state index is 0.580. The Morgan fingerprint density at radius 3 is 2.06 bits per heavy atom. The van der Waals surface area contributed by atoms with Gasteiger partial charge in [0.15, 0.2) is 5.58 Å². The van der Waals surface area contributed by atoms with Gasteiger partial charge in [0.2, 0.25) is 5.89 Å². The van der Waals surface area contributed by atoms with Crippen molar-refractivity contribution in [2.45, 2.75) is 0 Å². The van der Waals surface area contributed by atoms with Crippen molar-refractivity contribution in [3.63, 3.8) is 0 Å². The smallest absolute Gasteiger partial charge is 0.227 e. The lowest BCUT2D eigenvalue weighted by Crippen LogP contribution is -2.10. The molecule has 13 rings (SSSR count). The summed E-state index contributed by atoms with van der Waals surface area (Å²) in [6.07, 6.45) is 0. The summed E-state index contributed by atoms with van der Waals surface area (Å²) >= 11 is 0. The number of rotatable bonds is 6. The Hall–Kier alpha value is -8.41. The monoisotopic (exact) mass is 793 g/mol. The number of fused-ring (bicyclic) bond motifs is 10. The maximum Gasteiger partial charge on any atom is 0.227 e. The molecule has 0 spiro atoms. The van der Waals surface area contributed by atoms with Gasteiger partial charge in [0.05, 0.1) is 16.7 Å². The second-order valence-corrected chi connectivity index (χ2v) is 15.9. The number of aromatic nitrogens is 2. The van der Waals surface area contributed by atoms with Crippen molar-refractivity contribution >= 4 is 93.5 Å². The van der Waals surface area contributed by atoms with Crippen molar-refractivity contribution in [2.24, 2.45) is 0 Å². The fourth-order valence-corrected chi connectivity index (χ4v) is 9.54. The first-order chi connectivity index (χ1) is 30.7. The zero-order valence-corrected chi connectivity index (χ0v) is 33.4. The van der Waals surface area contributed by atoms with Gasteiger partial charge < -0.3 is 18.3 Å². The predicted molar refractivity (Wildman–Crippen MR) is 256 cm³/mol. The molecule has 0 amide bonds. The van der Waals surface area contributed by atoms with Crippen LogP contribution in [-0.2, 0) is 0 Å². The van der Waals surface area contributed by atoms with Crippen molar-refractivity contribution < 1.29 is 8.83 Å². The molecule has 290 valence electrons. The van der Waals surface area contributed by atoms with Crippen LogP contribution >= 0.6 is 0 Å². The van der Waals surface area contributed by atoms with Gasteiger partial charge in [-0.3, -0.25) is 0 Å². The Balaban J connectivity index is 1.06. The van der Waals surface area contributed by atoms with Crippen molar-refractivity contribution in [3.8, 4) is 28.3 Å². The molecule has 0 fully saturated rings. The van der Waals surface area contributed by atoms with Gasteiger partial charge in [-0.05, 0) is 106 Å². The van der Waals surface area contributed by atoms with Gasteiger partial charge in [-0.1, -0.05) is 133 Å². The summed E-state index contributed by atoms with van der Waals surface area (Å²) in [4.78, 5) is 7.41. The van der Waals surface area contributed by atoms with Crippen LogP contribution in [0.15, 0.2) is 221 Å². The number of benzene rings is 10. The molecule has 10 aromatic carbocycles. The maximum absolute atomic E-state index is 6.87. The van der Waals surface area contributed by atoms with Gasteiger partial charge in [-0.25, -0.2) is 4.98 Å². The first-order valence-corrected chi connectivity index (χ1v) is 20.9. The Bertz CT molecular complexity index is 3890. The van der Waals surface area contributed by atoms with Crippen LogP contribution in [0.25, 0.3) is 105 Å². The van der Waals surface area contributed by atoms with Crippen LogP contribution in [0.4, 0.5) is 17.1 Å². The highest BCUT2D eigenvalue weighted by molar-refractivity contribution is 6.22. The minimum atomic E-state index is 0.580. The van der Waals surface area contributed by atoms with Gasteiger partial charge in [-0.2, -0.15) is 0 Å². The Labute approximate surface area is 355 Å². The van der Waals surface area contributed by atoms with Gasteiger partial charge in [0, 0.05) is 49.7 Å². The van der Waals surface area contributed by atoms with Gasteiger partial charge in [0.25, 0.3) is 0 Å². The highest BCUT2D eigenvalue weighted by atomic mass is 16.3. The average Bonchev–Trinajstić information content (AvgIpc) is 4.04. The van der Waals surface area contributed by atoms with E-state index in [0.717, 1.165) is 88.7 Å². The van der Waals surface area contributed by atoms with Crippen LogP contribution in [-0.4, -0.2) is 9.55 Å². The minimum Gasteiger partial charge on any atom is -0.455 e. The third-order valence-electron chi connectivity index (χ3n) is 12.4. The summed E-state index contributed by atoms with van der Waals surface area (Å²) < 4.78 is 15.8. The number of furan rings is 1. The highest BCUT2D eigenvalue weighted by Gasteiger charge is 2.23. The van der Waals surface area contributed by atoms with Crippen LogP contribution in [0.5, 0.6) is 0 Å². The Morgan fingerprint density at radius 2 is 1.15 bits per heavy atom. The van der Waals surface area contributed by atoms with E-state index in [1.165, 1.54) is 21.5 Å². The van der Waals surface area contributed by atoms with E-state index in [-0.39, 0.29) is 0 Å². The summed E-state index contributed by atoms with van der Waals surface area (Å²) in [7, 11) is 0. The first kappa shape index (κ1) is 34.5. The number of para-hydroxylation sites is 4. The molecule has 0 saturated heterocycles. The Morgan fingerprint density at radius 1 is 0.419 bits per heavy atom.